The molecule has 2 heterocycles. The third-order valence-electron chi connectivity index (χ3n) is 3.89. The van der Waals surface area contributed by atoms with E-state index >= 15 is 0 Å². The Morgan fingerprint density at radius 1 is 0.958 bits per heavy atom. The van der Waals surface area contributed by atoms with Gasteiger partial charge in [-0.05, 0) is 29.8 Å². The third kappa shape index (κ3) is 2.67. The molecule has 0 saturated heterocycles. The van der Waals surface area contributed by atoms with Gasteiger partial charge in [-0.3, -0.25) is 4.40 Å². The van der Waals surface area contributed by atoms with Gasteiger partial charge in [0.1, 0.15) is 5.75 Å². The molecule has 0 bridgehead atoms. The number of phenolic OH excluding ortho intramolecular Hbond substituents is 1. The summed E-state index contributed by atoms with van der Waals surface area (Å²) in [6, 6.07) is 17.3. The molecule has 0 atom stereocenters. The zero-order chi connectivity index (χ0) is 16.4. The van der Waals surface area contributed by atoms with Crippen molar-refractivity contribution < 1.29 is 5.11 Å². The number of hydrogen-bond acceptors (Lipinski definition) is 4. The Labute approximate surface area is 139 Å². The predicted molar refractivity (Wildman–Crippen MR) is 93.9 cm³/mol. The molecule has 4 rings (SSSR count). The van der Waals surface area contributed by atoms with Crippen molar-refractivity contribution in [3.05, 3.63) is 78.8 Å². The maximum absolute atomic E-state index is 9.45. The van der Waals surface area contributed by atoms with E-state index in [4.69, 9.17) is 0 Å². The van der Waals surface area contributed by atoms with Gasteiger partial charge in [-0.2, -0.15) is 0 Å². The molecule has 24 heavy (non-hydrogen) atoms. The fourth-order valence-electron chi connectivity index (χ4n) is 2.67. The minimum absolute atomic E-state index is 0.249. The number of benzene rings is 2. The van der Waals surface area contributed by atoms with Crippen LogP contribution in [0.2, 0.25) is 0 Å². The molecule has 0 aliphatic rings. The van der Waals surface area contributed by atoms with Gasteiger partial charge in [-0.25, -0.2) is 9.97 Å². The van der Waals surface area contributed by atoms with Gasteiger partial charge in [0.2, 0.25) is 0 Å². The summed E-state index contributed by atoms with van der Waals surface area (Å²) in [6.07, 6.45) is 5.46. The molecule has 2 aromatic heterocycles. The van der Waals surface area contributed by atoms with Gasteiger partial charge in [0.25, 0.3) is 0 Å². The predicted octanol–water partition coefficient (Wildman–Crippen LogP) is 3.71. The van der Waals surface area contributed by atoms with Gasteiger partial charge >= 0.3 is 0 Å². The van der Waals surface area contributed by atoms with E-state index < -0.39 is 0 Å². The van der Waals surface area contributed by atoms with E-state index in [1.54, 1.807) is 18.3 Å². The molecular weight excluding hydrogens is 300 g/mol. The van der Waals surface area contributed by atoms with Crippen LogP contribution < -0.4 is 5.32 Å². The molecule has 0 fully saturated rings. The van der Waals surface area contributed by atoms with Crippen LogP contribution in [0.25, 0.3) is 16.9 Å². The van der Waals surface area contributed by atoms with Crippen molar-refractivity contribution in [2.75, 3.05) is 5.32 Å². The molecule has 4 aromatic rings. The van der Waals surface area contributed by atoms with E-state index in [2.05, 4.69) is 27.4 Å². The molecular formula is C19H16N4O. The zero-order valence-electron chi connectivity index (χ0n) is 12.9. The average molecular weight is 316 g/mol. The van der Waals surface area contributed by atoms with Gasteiger partial charge in [0, 0.05) is 24.5 Å². The monoisotopic (exact) mass is 316 g/mol. The van der Waals surface area contributed by atoms with Crippen LogP contribution in [0.1, 0.15) is 5.56 Å². The second kappa shape index (κ2) is 6.04. The first-order valence-electron chi connectivity index (χ1n) is 7.70. The largest absolute Gasteiger partial charge is 0.508 e. The summed E-state index contributed by atoms with van der Waals surface area (Å²) in [7, 11) is 0. The molecule has 0 amide bonds. The van der Waals surface area contributed by atoms with Crippen molar-refractivity contribution in [1.82, 2.24) is 14.4 Å². The highest BCUT2D eigenvalue weighted by molar-refractivity contribution is 5.70. The van der Waals surface area contributed by atoms with E-state index in [1.165, 1.54) is 5.56 Å². The molecule has 0 saturated carbocycles. The highest BCUT2D eigenvalue weighted by atomic mass is 16.3. The van der Waals surface area contributed by atoms with E-state index in [0.717, 1.165) is 22.7 Å². The number of phenols is 1. The van der Waals surface area contributed by atoms with Crippen LogP contribution >= 0.6 is 0 Å². The van der Waals surface area contributed by atoms with Crippen molar-refractivity contribution in [2.45, 2.75) is 6.54 Å². The maximum atomic E-state index is 9.45. The van der Waals surface area contributed by atoms with Gasteiger partial charge in [0.05, 0.1) is 11.9 Å². The lowest BCUT2D eigenvalue weighted by Crippen LogP contribution is -2.03. The standard InChI is InChI=1S/C19H16N4O/c24-16-8-6-15(7-9-16)17-13-22-19-18(20-10-11-23(17)19)21-12-14-4-2-1-3-5-14/h1-11,13,24H,12H2,(H,20,21). The Morgan fingerprint density at radius 2 is 1.75 bits per heavy atom. The topological polar surface area (TPSA) is 62.5 Å². The SMILES string of the molecule is Oc1ccc(-c2cnc3c(NCc4ccccc4)nccn23)cc1. The number of rotatable bonds is 4. The van der Waals surface area contributed by atoms with Crippen LogP contribution in [0.3, 0.4) is 0 Å². The molecule has 5 heteroatoms. The summed E-state index contributed by atoms with van der Waals surface area (Å²) < 4.78 is 1.99. The summed E-state index contributed by atoms with van der Waals surface area (Å²) in [5.74, 6) is 0.992. The summed E-state index contributed by atoms with van der Waals surface area (Å²) in [5, 5.41) is 12.8. The number of fused-ring (bicyclic) bond motifs is 1. The Hall–Kier alpha value is -3.34. The fraction of sp³-hybridized carbons (Fsp3) is 0.0526. The first kappa shape index (κ1) is 14.3. The molecule has 2 aromatic carbocycles. The first-order valence-corrected chi connectivity index (χ1v) is 7.70. The molecule has 2 N–H and O–H groups in total. The van der Waals surface area contributed by atoms with E-state index in [0.29, 0.717) is 6.54 Å². The second-order valence-electron chi connectivity index (χ2n) is 5.50. The molecule has 0 aliphatic heterocycles. The summed E-state index contributed by atoms with van der Waals surface area (Å²) in [5.41, 5.74) is 3.90. The van der Waals surface area contributed by atoms with Crippen molar-refractivity contribution in [1.29, 1.82) is 0 Å². The lowest BCUT2D eigenvalue weighted by Gasteiger charge is -2.08. The van der Waals surface area contributed by atoms with Crippen molar-refractivity contribution >= 4 is 11.5 Å². The Bertz CT molecular complexity index is 962. The summed E-state index contributed by atoms with van der Waals surface area (Å²) in [6.45, 7) is 0.689. The number of nitrogens with zero attached hydrogens (tertiary/aromatic N) is 3. The normalized spacial score (nSPS) is 10.8. The quantitative estimate of drug-likeness (QED) is 0.602. The summed E-state index contributed by atoms with van der Waals surface area (Å²) >= 11 is 0. The van der Waals surface area contributed by atoms with Crippen LogP contribution in [-0.2, 0) is 6.54 Å². The number of imidazole rings is 1. The van der Waals surface area contributed by atoms with Gasteiger partial charge < -0.3 is 10.4 Å². The van der Waals surface area contributed by atoms with E-state index in [1.807, 2.05) is 47.1 Å². The van der Waals surface area contributed by atoms with E-state index in [9.17, 15) is 5.11 Å². The van der Waals surface area contributed by atoms with Gasteiger partial charge in [-0.15, -0.1) is 0 Å². The molecule has 0 spiro atoms. The third-order valence-corrected chi connectivity index (χ3v) is 3.89. The number of aromatic hydroxyl groups is 1. The van der Waals surface area contributed by atoms with Crippen molar-refractivity contribution in [3.63, 3.8) is 0 Å². The smallest absolute Gasteiger partial charge is 0.180 e. The van der Waals surface area contributed by atoms with Gasteiger partial charge in [0.15, 0.2) is 11.5 Å². The zero-order valence-corrected chi connectivity index (χ0v) is 12.9. The number of nitrogens with one attached hydrogen (secondary N) is 1. The fourth-order valence-corrected chi connectivity index (χ4v) is 2.67. The Kier molecular flexibility index (Phi) is 3.59. The molecule has 0 radical (unpaired) electrons. The highest BCUT2D eigenvalue weighted by Gasteiger charge is 2.10. The lowest BCUT2D eigenvalue weighted by atomic mass is 10.1. The minimum Gasteiger partial charge on any atom is -0.508 e. The average Bonchev–Trinajstić information content (AvgIpc) is 3.06. The number of hydrogen-bond donors (Lipinski definition) is 2. The van der Waals surface area contributed by atoms with E-state index in [-0.39, 0.29) is 5.75 Å². The van der Waals surface area contributed by atoms with Crippen LogP contribution in [0.4, 0.5) is 5.82 Å². The van der Waals surface area contributed by atoms with Crippen LogP contribution in [0.15, 0.2) is 73.2 Å². The first-order chi connectivity index (χ1) is 11.8. The highest BCUT2D eigenvalue weighted by Crippen LogP contribution is 2.25. The molecule has 0 unspecified atom stereocenters. The Morgan fingerprint density at radius 3 is 2.54 bits per heavy atom. The number of aromatic nitrogens is 3. The van der Waals surface area contributed by atoms with Gasteiger partial charge in [-0.1, -0.05) is 30.3 Å². The number of anilines is 1. The lowest BCUT2D eigenvalue weighted by molar-refractivity contribution is 0.475. The summed E-state index contributed by atoms with van der Waals surface area (Å²) in [4.78, 5) is 8.91. The van der Waals surface area contributed by atoms with Crippen LogP contribution in [0.5, 0.6) is 5.75 Å². The molecule has 0 aliphatic carbocycles. The maximum Gasteiger partial charge on any atom is 0.180 e. The minimum atomic E-state index is 0.249. The second-order valence-corrected chi connectivity index (χ2v) is 5.50. The molecule has 5 nitrogen and oxygen atoms in total. The Balaban J connectivity index is 1.67. The van der Waals surface area contributed by atoms with Crippen LogP contribution in [-0.4, -0.2) is 19.5 Å². The van der Waals surface area contributed by atoms with Crippen molar-refractivity contribution in [2.24, 2.45) is 0 Å². The van der Waals surface area contributed by atoms with Crippen molar-refractivity contribution in [3.8, 4) is 17.0 Å². The molecule has 118 valence electrons. The van der Waals surface area contributed by atoms with Crippen LogP contribution in [0, 0.1) is 0 Å².